The van der Waals surface area contributed by atoms with Crippen LogP contribution < -0.4 is 0 Å². The highest BCUT2D eigenvalue weighted by Gasteiger charge is 2.16. The Kier molecular flexibility index (Phi) is 10.8. The van der Waals surface area contributed by atoms with E-state index >= 15 is 0 Å². The maximum absolute atomic E-state index is 12.9. The molecular formula is C21H29Cl2FN2. The van der Waals surface area contributed by atoms with Crippen LogP contribution in [0.5, 0.6) is 0 Å². The summed E-state index contributed by atoms with van der Waals surface area (Å²) in [5.41, 5.74) is 2.66. The summed E-state index contributed by atoms with van der Waals surface area (Å²) >= 11 is 0. The van der Waals surface area contributed by atoms with Gasteiger partial charge in [-0.15, -0.1) is 24.8 Å². The number of hydrogen-bond donors (Lipinski definition) is 0. The number of nitrogens with zero attached hydrogens (tertiary/aromatic N) is 2. The van der Waals surface area contributed by atoms with E-state index in [4.69, 9.17) is 0 Å². The zero-order valence-electron chi connectivity index (χ0n) is 15.1. The monoisotopic (exact) mass is 398 g/mol. The Morgan fingerprint density at radius 1 is 0.654 bits per heavy atom. The molecule has 0 aromatic heterocycles. The molecule has 3 rings (SSSR count). The van der Waals surface area contributed by atoms with E-state index in [1.165, 1.54) is 30.5 Å². The molecule has 0 amide bonds. The molecule has 1 fully saturated rings. The average Bonchev–Trinajstić information content (AvgIpc) is 2.63. The SMILES string of the molecule is Cl.Cl.Fc1ccc(CCN2CCN(CCCc3ccccc3)CC2)cc1. The van der Waals surface area contributed by atoms with Crippen molar-refractivity contribution in [1.29, 1.82) is 0 Å². The molecule has 0 spiro atoms. The molecule has 1 aliphatic heterocycles. The molecule has 0 aliphatic carbocycles. The van der Waals surface area contributed by atoms with Crippen LogP contribution in [0.1, 0.15) is 17.5 Å². The molecule has 0 unspecified atom stereocenters. The van der Waals surface area contributed by atoms with Gasteiger partial charge in [-0.05, 0) is 49.1 Å². The van der Waals surface area contributed by atoms with Crippen LogP contribution in [0.4, 0.5) is 4.39 Å². The van der Waals surface area contributed by atoms with Gasteiger partial charge in [-0.25, -0.2) is 4.39 Å². The van der Waals surface area contributed by atoms with Crippen molar-refractivity contribution in [2.45, 2.75) is 19.3 Å². The van der Waals surface area contributed by atoms with Crippen LogP contribution in [0.2, 0.25) is 0 Å². The van der Waals surface area contributed by atoms with Crippen molar-refractivity contribution in [2.24, 2.45) is 0 Å². The van der Waals surface area contributed by atoms with Gasteiger partial charge in [-0.2, -0.15) is 0 Å². The summed E-state index contributed by atoms with van der Waals surface area (Å²) in [5, 5.41) is 0. The molecule has 2 aromatic rings. The van der Waals surface area contributed by atoms with Crippen LogP contribution in [-0.4, -0.2) is 49.1 Å². The van der Waals surface area contributed by atoms with Crippen molar-refractivity contribution in [3.05, 3.63) is 71.5 Å². The van der Waals surface area contributed by atoms with Crippen LogP contribution in [0.3, 0.4) is 0 Å². The summed E-state index contributed by atoms with van der Waals surface area (Å²) < 4.78 is 12.9. The van der Waals surface area contributed by atoms with Crippen LogP contribution in [0, 0.1) is 5.82 Å². The summed E-state index contributed by atoms with van der Waals surface area (Å²) in [6.07, 6.45) is 3.42. The van der Waals surface area contributed by atoms with Crippen molar-refractivity contribution in [2.75, 3.05) is 39.3 Å². The topological polar surface area (TPSA) is 6.48 Å². The van der Waals surface area contributed by atoms with Gasteiger partial charge in [0.1, 0.15) is 5.82 Å². The third kappa shape index (κ3) is 7.63. The molecule has 1 aliphatic rings. The highest BCUT2D eigenvalue weighted by atomic mass is 35.5. The fourth-order valence-electron chi connectivity index (χ4n) is 3.33. The molecule has 5 heteroatoms. The Labute approximate surface area is 169 Å². The van der Waals surface area contributed by atoms with Crippen molar-refractivity contribution < 1.29 is 4.39 Å². The lowest BCUT2D eigenvalue weighted by atomic mass is 10.1. The van der Waals surface area contributed by atoms with Gasteiger partial charge in [0.25, 0.3) is 0 Å². The Morgan fingerprint density at radius 2 is 1.19 bits per heavy atom. The number of hydrogen-bond acceptors (Lipinski definition) is 2. The Balaban J connectivity index is 0.00000169. The highest BCUT2D eigenvalue weighted by molar-refractivity contribution is 5.85. The predicted molar refractivity (Wildman–Crippen MR) is 112 cm³/mol. The van der Waals surface area contributed by atoms with E-state index in [1.54, 1.807) is 12.1 Å². The van der Waals surface area contributed by atoms with Crippen LogP contribution in [0.15, 0.2) is 54.6 Å². The molecule has 1 heterocycles. The largest absolute Gasteiger partial charge is 0.301 e. The summed E-state index contributed by atoms with van der Waals surface area (Å²) in [7, 11) is 0. The highest BCUT2D eigenvalue weighted by Crippen LogP contribution is 2.09. The van der Waals surface area contributed by atoms with Gasteiger partial charge in [-0.3, -0.25) is 0 Å². The minimum Gasteiger partial charge on any atom is -0.301 e. The summed E-state index contributed by atoms with van der Waals surface area (Å²) in [6.45, 7) is 6.89. The van der Waals surface area contributed by atoms with E-state index in [9.17, 15) is 4.39 Å². The summed E-state index contributed by atoms with van der Waals surface area (Å²) in [4.78, 5) is 5.11. The second-order valence-corrected chi connectivity index (χ2v) is 6.65. The van der Waals surface area contributed by atoms with Crippen LogP contribution >= 0.6 is 24.8 Å². The number of aryl methyl sites for hydroxylation is 1. The molecular weight excluding hydrogens is 370 g/mol. The van der Waals surface area contributed by atoms with E-state index in [1.807, 2.05) is 12.1 Å². The zero-order chi connectivity index (χ0) is 16.6. The molecule has 2 aromatic carbocycles. The van der Waals surface area contributed by atoms with Gasteiger partial charge < -0.3 is 9.80 Å². The number of benzene rings is 2. The van der Waals surface area contributed by atoms with Crippen LogP contribution in [-0.2, 0) is 12.8 Å². The lowest BCUT2D eigenvalue weighted by Gasteiger charge is -2.34. The minimum absolute atomic E-state index is 0. The fourth-order valence-corrected chi connectivity index (χ4v) is 3.33. The van der Waals surface area contributed by atoms with E-state index < -0.39 is 0 Å². The van der Waals surface area contributed by atoms with Gasteiger partial charge in [0.2, 0.25) is 0 Å². The number of halogens is 3. The Bertz CT molecular complexity index is 599. The first-order valence-corrected chi connectivity index (χ1v) is 9.03. The second kappa shape index (κ2) is 12.3. The maximum atomic E-state index is 12.9. The van der Waals surface area contributed by atoms with Gasteiger partial charge in [-0.1, -0.05) is 42.5 Å². The van der Waals surface area contributed by atoms with Crippen molar-refractivity contribution in [3.63, 3.8) is 0 Å². The van der Waals surface area contributed by atoms with Gasteiger partial charge in [0, 0.05) is 32.7 Å². The third-order valence-corrected chi connectivity index (χ3v) is 4.88. The molecule has 144 valence electrons. The van der Waals surface area contributed by atoms with Crippen molar-refractivity contribution >= 4 is 24.8 Å². The second-order valence-electron chi connectivity index (χ2n) is 6.65. The van der Waals surface area contributed by atoms with Crippen LogP contribution in [0.25, 0.3) is 0 Å². The average molecular weight is 399 g/mol. The lowest BCUT2D eigenvalue weighted by Crippen LogP contribution is -2.47. The Hall–Kier alpha value is -1.13. The van der Waals surface area contributed by atoms with E-state index in [2.05, 4.69) is 40.1 Å². The summed E-state index contributed by atoms with van der Waals surface area (Å²) in [6, 6.07) is 17.7. The molecule has 0 atom stereocenters. The molecule has 0 bridgehead atoms. The molecule has 2 nitrogen and oxygen atoms in total. The summed E-state index contributed by atoms with van der Waals surface area (Å²) in [5.74, 6) is -0.150. The molecule has 0 N–H and O–H groups in total. The zero-order valence-corrected chi connectivity index (χ0v) is 16.8. The van der Waals surface area contributed by atoms with Gasteiger partial charge >= 0.3 is 0 Å². The molecule has 0 saturated carbocycles. The number of piperazine rings is 1. The maximum Gasteiger partial charge on any atom is 0.123 e. The first-order chi connectivity index (χ1) is 11.8. The predicted octanol–water partition coefficient (Wildman–Crippen LogP) is 4.46. The van der Waals surface area contributed by atoms with Gasteiger partial charge in [0.05, 0.1) is 0 Å². The quantitative estimate of drug-likeness (QED) is 0.678. The molecule has 1 saturated heterocycles. The molecule has 0 radical (unpaired) electrons. The minimum atomic E-state index is -0.150. The smallest absolute Gasteiger partial charge is 0.123 e. The van der Waals surface area contributed by atoms with E-state index in [-0.39, 0.29) is 30.6 Å². The standard InChI is InChI=1S/C21H27FN2.2ClH/c22-21-10-8-20(9-11-21)12-14-24-17-15-23(16-18-24)13-4-7-19-5-2-1-3-6-19;;/h1-3,5-6,8-11H,4,7,12-18H2;2*1H. The first kappa shape index (κ1) is 22.9. The third-order valence-electron chi connectivity index (χ3n) is 4.88. The fraction of sp³-hybridized carbons (Fsp3) is 0.429. The lowest BCUT2D eigenvalue weighted by molar-refractivity contribution is 0.132. The Morgan fingerprint density at radius 3 is 1.81 bits per heavy atom. The van der Waals surface area contributed by atoms with Crippen molar-refractivity contribution in [3.8, 4) is 0 Å². The van der Waals surface area contributed by atoms with E-state index in [0.717, 1.165) is 39.1 Å². The number of rotatable bonds is 7. The van der Waals surface area contributed by atoms with E-state index in [0.29, 0.717) is 0 Å². The van der Waals surface area contributed by atoms with Gasteiger partial charge in [0.15, 0.2) is 0 Å². The molecule has 26 heavy (non-hydrogen) atoms. The normalized spacial score (nSPS) is 15.1. The first-order valence-electron chi connectivity index (χ1n) is 9.03. The van der Waals surface area contributed by atoms with Crippen molar-refractivity contribution in [1.82, 2.24) is 9.80 Å².